The first-order chi connectivity index (χ1) is 10.1. The summed E-state index contributed by atoms with van der Waals surface area (Å²) in [6, 6.07) is 7.72. The zero-order valence-electron chi connectivity index (χ0n) is 11.4. The molecule has 0 aliphatic carbocycles. The smallest absolute Gasteiger partial charge is 0.324 e. The van der Waals surface area contributed by atoms with E-state index in [1.807, 2.05) is 35.2 Å². The Morgan fingerprint density at radius 2 is 1.95 bits per heavy atom. The van der Waals surface area contributed by atoms with Gasteiger partial charge in [0.15, 0.2) is 0 Å². The van der Waals surface area contributed by atoms with Crippen LogP contribution in [0, 0.1) is 0 Å². The van der Waals surface area contributed by atoms with Gasteiger partial charge in [-0.15, -0.1) is 0 Å². The van der Waals surface area contributed by atoms with Gasteiger partial charge in [-0.25, -0.2) is 4.79 Å². The molecule has 2 aliphatic rings. The molecule has 2 unspecified atom stereocenters. The predicted molar refractivity (Wildman–Crippen MR) is 74.0 cm³/mol. The van der Waals surface area contributed by atoms with Crippen molar-refractivity contribution in [3.8, 4) is 0 Å². The maximum absolute atomic E-state index is 11.8. The van der Waals surface area contributed by atoms with E-state index < -0.39 is 18.0 Å². The van der Waals surface area contributed by atoms with Crippen molar-refractivity contribution in [1.82, 2.24) is 15.1 Å². The third-order valence-electron chi connectivity index (χ3n) is 3.96. The second kappa shape index (κ2) is 5.17. The van der Waals surface area contributed by atoms with Crippen LogP contribution in [-0.2, 0) is 9.59 Å². The van der Waals surface area contributed by atoms with E-state index in [9.17, 15) is 14.4 Å². The number of urea groups is 1. The van der Waals surface area contributed by atoms with E-state index in [1.165, 1.54) is 4.90 Å². The van der Waals surface area contributed by atoms with Crippen LogP contribution in [0.3, 0.4) is 0 Å². The number of nitrogens with one attached hydrogen (secondary N) is 1. The molecule has 110 valence electrons. The normalized spacial score (nSPS) is 23.6. The van der Waals surface area contributed by atoms with Gasteiger partial charge in [0.2, 0.25) is 5.91 Å². The number of primary amides is 1. The number of benzene rings is 1. The van der Waals surface area contributed by atoms with Crippen molar-refractivity contribution in [1.29, 1.82) is 0 Å². The molecule has 4 amide bonds. The van der Waals surface area contributed by atoms with Crippen LogP contribution in [0.1, 0.15) is 11.6 Å². The lowest BCUT2D eigenvalue weighted by Crippen LogP contribution is -2.55. The standard InChI is InChI=1S/C14H16N4O3/c15-12(19)11(9-4-2-1-3-5-9)17-6-7-18-10(8-17)13(20)16-14(18)21/h1-5,10-11H,6-8H2,(H2,15,19)(H,16,20,21). The topological polar surface area (TPSA) is 95.7 Å². The zero-order valence-corrected chi connectivity index (χ0v) is 11.4. The van der Waals surface area contributed by atoms with Gasteiger partial charge in [-0.1, -0.05) is 30.3 Å². The molecule has 0 saturated carbocycles. The third kappa shape index (κ3) is 2.36. The molecule has 1 aromatic rings. The Balaban J connectivity index is 1.84. The maximum atomic E-state index is 11.8. The molecule has 0 radical (unpaired) electrons. The van der Waals surface area contributed by atoms with Crippen LogP contribution in [0.5, 0.6) is 0 Å². The molecule has 0 bridgehead atoms. The number of carbonyl (C=O) groups excluding carboxylic acids is 3. The minimum atomic E-state index is -0.586. The van der Waals surface area contributed by atoms with Gasteiger partial charge in [0, 0.05) is 19.6 Å². The van der Waals surface area contributed by atoms with E-state index in [0.717, 1.165) is 5.56 Å². The van der Waals surface area contributed by atoms with E-state index in [4.69, 9.17) is 5.73 Å². The summed E-state index contributed by atoms with van der Waals surface area (Å²) in [4.78, 5) is 38.6. The molecule has 2 saturated heterocycles. The first kappa shape index (κ1) is 13.6. The van der Waals surface area contributed by atoms with Crippen LogP contribution < -0.4 is 11.1 Å². The summed E-state index contributed by atoms with van der Waals surface area (Å²) in [5, 5.41) is 2.29. The van der Waals surface area contributed by atoms with Crippen LogP contribution >= 0.6 is 0 Å². The molecular weight excluding hydrogens is 272 g/mol. The van der Waals surface area contributed by atoms with E-state index in [2.05, 4.69) is 5.32 Å². The lowest BCUT2D eigenvalue weighted by Gasteiger charge is -2.38. The van der Waals surface area contributed by atoms with Gasteiger partial charge >= 0.3 is 6.03 Å². The lowest BCUT2D eigenvalue weighted by molar-refractivity contribution is -0.128. The molecule has 2 atom stereocenters. The van der Waals surface area contributed by atoms with Crippen molar-refractivity contribution in [3.63, 3.8) is 0 Å². The fraction of sp³-hybridized carbons (Fsp3) is 0.357. The average molecular weight is 288 g/mol. The van der Waals surface area contributed by atoms with Crippen LogP contribution in [0.2, 0.25) is 0 Å². The number of carbonyl (C=O) groups is 3. The molecule has 0 spiro atoms. The van der Waals surface area contributed by atoms with Gasteiger partial charge in [-0.2, -0.15) is 0 Å². The van der Waals surface area contributed by atoms with E-state index >= 15 is 0 Å². The van der Waals surface area contributed by atoms with Crippen molar-refractivity contribution in [3.05, 3.63) is 35.9 Å². The Bertz CT molecular complexity index is 589. The summed E-state index contributed by atoms with van der Waals surface area (Å²) in [6.07, 6.45) is 0. The monoisotopic (exact) mass is 288 g/mol. The minimum absolute atomic E-state index is 0.306. The highest BCUT2D eigenvalue weighted by Gasteiger charge is 2.44. The van der Waals surface area contributed by atoms with E-state index in [0.29, 0.717) is 19.6 Å². The van der Waals surface area contributed by atoms with Crippen molar-refractivity contribution in [2.75, 3.05) is 19.6 Å². The first-order valence-electron chi connectivity index (χ1n) is 6.77. The van der Waals surface area contributed by atoms with E-state index in [-0.39, 0.29) is 11.9 Å². The van der Waals surface area contributed by atoms with Crippen molar-refractivity contribution in [2.24, 2.45) is 5.73 Å². The van der Waals surface area contributed by atoms with Gasteiger partial charge in [-0.05, 0) is 5.56 Å². The average Bonchev–Trinajstić information content (AvgIpc) is 2.75. The molecule has 7 heteroatoms. The largest absolute Gasteiger partial charge is 0.368 e. The molecule has 21 heavy (non-hydrogen) atoms. The quantitative estimate of drug-likeness (QED) is 0.729. The highest BCUT2D eigenvalue weighted by atomic mass is 16.2. The lowest BCUT2D eigenvalue weighted by atomic mass is 10.0. The van der Waals surface area contributed by atoms with E-state index in [1.54, 1.807) is 0 Å². The Labute approximate surface area is 121 Å². The molecule has 7 nitrogen and oxygen atoms in total. The van der Waals surface area contributed by atoms with Crippen LogP contribution in [0.25, 0.3) is 0 Å². The van der Waals surface area contributed by atoms with Crippen LogP contribution in [0.15, 0.2) is 30.3 Å². The van der Waals surface area contributed by atoms with Gasteiger partial charge < -0.3 is 10.6 Å². The van der Waals surface area contributed by atoms with Crippen molar-refractivity contribution < 1.29 is 14.4 Å². The summed E-state index contributed by atoms with van der Waals surface area (Å²) < 4.78 is 0. The minimum Gasteiger partial charge on any atom is -0.368 e. The molecule has 0 aromatic heterocycles. The van der Waals surface area contributed by atoms with Crippen LogP contribution in [0.4, 0.5) is 4.79 Å². The van der Waals surface area contributed by atoms with Crippen molar-refractivity contribution in [2.45, 2.75) is 12.1 Å². The first-order valence-corrected chi connectivity index (χ1v) is 6.77. The summed E-state index contributed by atoms with van der Waals surface area (Å²) >= 11 is 0. The van der Waals surface area contributed by atoms with Gasteiger partial charge in [0.05, 0.1) is 0 Å². The second-order valence-corrected chi connectivity index (χ2v) is 5.21. The van der Waals surface area contributed by atoms with Gasteiger partial charge in [0.25, 0.3) is 5.91 Å². The Morgan fingerprint density at radius 1 is 1.24 bits per heavy atom. The Kier molecular flexibility index (Phi) is 3.34. The zero-order chi connectivity index (χ0) is 15.0. The number of hydrogen-bond donors (Lipinski definition) is 2. The molecule has 2 aliphatic heterocycles. The fourth-order valence-electron chi connectivity index (χ4n) is 2.96. The number of imide groups is 1. The number of hydrogen-bond acceptors (Lipinski definition) is 4. The Morgan fingerprint density at radius 3 is 2.62 bits per heavy atom. The number of rotatable bonds is 3. The molecular formula is C14H16N4O3. The summed E-state index contributed by atoms with van der Waals surface area (Å²) in [5.41, 5.74) is 6.33. The molecule has 3 rings (SSSR count). The molecule has 2 fully saturated rings. The van der Waals surface area contributed by atoms with Crippen molar-refractivity contribution >= 4 is 17.8 Å². The molecule has 1 aromatic carbocycles. The highest BCUT2D eigenvalue weighted by Crippen LogP contribution is 2.25. The number of piperazine rings is 1. The summed E-state index contributed by atoms with van der Waals surface area (Å²) in [7, 11) is 0. The second-order valence-electron chi connectivity index (χ2n) is 5.21. The SMILES string of the molecule is NC(=O)C(c1ccccc1)N1CCN2C(=O)NC(=O)C2C1. The third-order valence-corrected chi connectivity index (χ3v) is 3.96. The maximum Gasteiger partial charge on any atom is 0.324 e. The molecule has 3 N–H and O–H groups in total. The number of amides is 4. The van der Waals surface area contributed by atoms with Crippen LogP contribution in [-0.4, -0.2) is 53.3 Å². The number of nitrogens with zero attached hydrogens (tertiary/aromatic N) is 2. The predicted octanol–water partition coefficient (Wildman–Crippen LogP) is -0.551. The number of nitrogens with two attached hydrogens (primary N) is 1. The number of fused-ring (bicyclic) bond motifs is 1. The summed E-state index contributed by atoms with van der Waals surface area (Å²) in [6.45, 7) is 1.21. The highest BCUT2D eigenvalue weighted by molar-refractivity contribution is 6.04. The molecule has 2 heterocycles. The Hall–Kier alpha value is -2.41. The van der Waals surface area contributed by atoms with Gasteiger partial charge in [-0.3, -0.25) is 19.8 Å². The van der Waals surface area contributed by atoms with Gasteiger partial charge in [0.1, 0.15) is 12.1 Å². The summed E-state index contributed by atoms with van der Waals surface area (Å²) in [5.74, 6) is -0.777. The fourth-order valence-corrected chi connectivity index (χ4v) is 2.96.